The molecule has 1 saturated carbocycles. The normalized spacial score (nSPS) is 25.5. The van der Waals surface area contributed by atoms with Gasteiger partial charge in [-0.25, -0.2) is 0 Å². The number of rotatable bonds is 6. The summed E-state index contributed by atoms with van der Waals surface area (Å²) in [6.45, 7) is 3.35. The molecule has 0 saturated heterocycles. The molecule has 0 aromatic heterocycles. The van der Waals surface area contributed by atoms with Crippen molar-refractivity contribution in [2.24, 2.45) is 17.1 Å². The molecule has 0 unspecified atom stereocenters. The van der Waals surface area contributed by atoms with E-state index in [9.17, 15) is 4.79 Å². The number of carbonyl (C=O) groups excluding carboxylic acids is 1. The number of hydrogen-bond donors (Lipinski definition) is 1. The highest BCUT2D eigenvalue weighted by molar-refractivity contribution is 5.83. The zero-order valence-electron chi connectivity index (χ0n) is 12.3. The molecule has 0 atom stereocenters. The summed E-state index contributed by atoms with van der Waals surface area (Å²) in [5.74, 6) is 0.687. The zero-order chi connectivity index (χ0) is 15.0. The Morgan fingerprint density at radius 3 is 2.15 bits per heavy atom. The molecule has 5 heteroatoms. The molecule has 0 radical (unpaired) electrons. The van der Waals surface area contributed by atoms with Crippen molar-refractivity contribution in [3.8, 4) is 12.1 Å². The minimum absolute atomic E-state index is 0.0393. The van der Waals surface area contributed by atoms with E-state index in [-0.39, 0.29) is 5.91 Å². The number of hydrogen-bond acceptors (Lipinski definition) is 4. The van der Waals surface area contributed by atoms with Gasteiger partial charge in [0.1, 0.15) is 0 Å². The molecule has 0 aliphatic heterocycles. The lowest BCUT2D eigenvalue weighted by Gasteiger charge is -2.40. The molecule has 0 bridgehead atoms. The first-order chi connectivity index (χ1) is 9.59. The average Bonchev–Trinajstić information content (AvgIpc) is 2.48. The van der Waals surface area contributed by atoms with Crippen LogP contribution < -0.4 is 5.73 Å². The summed E-state index contributed by atoms with van der Waals surface area (Å²) >= 11 is 0. The van der Waals surface area contributed by atoms with Crippen molar-refractivity contribution >= 4 is 5.91 Å². The van der Waals surface area contributed by atoms with Gasteiger partial charge in [0.25, 0.3) is 0 Å². The number of nitriles is 2. The first-order valence-corrected chi connectivity index (χ1v) is 7.33. The molecule has 20 heavy (non-hydrogen) atoms. The van der Waals surface area contributed by atoms with Gasteiger partial charge >= 0.3 is 0 Å². The van der Waals surface area contributed by atoms with Crippen molar-refractivity contribution in [1.29, 1.82) is 10.5 Å². The second kappa shape index (κ2) is 7.87. The van der Waals surface area contributed by atoms with E-state index in [0.29, 0.717) is 38.4 Å². The summed E-state index contributed by atoms with van der Waals surface area (Å²) in [6.07, 6.45) is 4.28. The fourth-order valence-electron chi connectivity index (χ4n) is 2.84. The first kappa shape index (κ1) is 16.5. The van der Waals surface area contributed by atoms with Crippen LogP contribution in [0.1, 0.15) is 45.4 Å². The maximum atomic E-state index is 12.8. The van der Waals surface area contributed by atoms with Crippen molar-refractivity contribution in [3.05, 3.63) is 0 Å². The number of nitrogens with zero attached hydrogens (tertiary/aromatic N) is 3. The third-order valence-electron chi connectivity index (χ3n) is 4.35. The maximum Gasteiger partial charge on any atom is 0.230 e. The fourth-order valence-corrected chi connectivity index (χ4v) is 2.84. The maximum absolute atomic E-state index is 12.8. The fraction of sp³-hybridized carbons (Fsp3) is 0.800. The van der Waals surface area contributed by atoms with Crippen molar-refractivity contribution in [1.82, 2.24) is 4.90 Å². The minimum Gasteiger partial charge on any atom is -0.340 e. The Morgan fingerprint density at radius 2 is 1.75 bits per heavy atom. The summed E-state index contributed by atoms with van der Waals surface area (Å²) in [7, 11) is 0. The molecule has 0 spiro atoms. The summed E-state index contributed by atoms with van der Waals surface area (Å²) in [5.41, 5.74) is 5.43. The predicted octanol–water partition coefficient (Wildman–Crippen LogP) is 1.80. The number of nitrogens with two attached hydrogens (primary N) is 1. The van der Waals surface area contributed by atoms with Gasteiger partial charge in [-0.2, -0.15) is 10.5 Å². The number of amides is 1. The lowest BCUT2D eigenvalue weighted by molar-refractivity contribution is -0.144. The van der Waals surface area contributed by atoms with E-state index < -0.39 is 5.41 Å². The highest BCUT2D eigenvalue weighted by atomic mass is 16.2. The van der Waals surface area contributed by atoms with Crippen LogP contribution >= 0.6 is 0 Å². The van der Waals surface area contributed by atoms with Crippen LogP contribution in [0.5, 0.6) is 0 Å². The molecule has 1 amide bonds. The van der Waals surface area contributed by atoms with E-state index >= 15 is 0 Å². The van der Waals surface area contributed by atoms with Gasteiger partial charge in [-0.3, -0.25) is 4.79 Å². The Morgan fingerprint density at radius 1 is 1.25 bits per heavy atom. The third kappa shape index (κ3) is 3.95. The monoisotopic (exact) mass is 276 g/mol. The lowest BCUT2D eigenvalue weighted by atomic mass is 9.70. The molecule has 0 aromatic carbocycles. The molecular weight excluding hydrogens is 252 g/mol. The van der Waals surface area contributed by atoms with E-state index in [1.54, 1.807) is 4.90 Å². The van der Waals surface area contributed by atoms with Gasteiger partial charge in [-0.1, -0.05) is 6.92 Å². The Labute approximate surface area is 121 Å². The summed E-state index contributed by atoms with van der Waals surface area (Å²) in [6, 6.07) is 4.12. The Hall–Kier alpha value is -1.59. The van der Waals surface area contributed by atoms with Gasteiger partial charge in [0, 0.05) is 19.6 Å². The van der Waals surface area contributed by atoms with Crippen molar-refractivity contribution in [2.75, 3.05) is 19.6 Å². The zero-order valence-corrected chi connectivity index (χ0v) is 12.3. The minimum atomic E-state index is -0.475. The van der Waals surface area contributed by atoms with Crippen molar-refractivity contribution in [2.45, 2.75) is 45.4 Å². The molecule has 0 heterocycles. The van der Waals surface area contributed by atoms with E-state index in [2.05, 4.69) is 19.1 Å². The smallest absolute Gasteiger partial charge is 0.230 e. The molecule has 110 valence electrons. The van der Waals surface area contributed by atoms with Crippen LogP contribution in [0.4, 0.5) is 0 Å². The largest absolute Gasteiger partial charge is 0.340 e. The molecule has 0 aromatic rings. The van der Waals surface area contributed by atoms with Crippen molar-refractivity contribution in [3.63, 3.8) is 0 Å². The first-order valence-electron chi connectivity index (χ1n) is 7.33. The topological polar surface area (TPSA) is 93.9 Å². The van der Waals surface area contributed by atoms with E-state index in [0.717, 1.165) is 25.7 Å². The molecule has 1 aliphatic rings. The summed E-state index contributed by atoms with van der Waals surface area (Å²) in [5, 5.41) is 17.4. The second-order valence-electron chi connectivity index (χ2n) is 5.78. The highest BCUT2D eigenvalue weighted by Gasteiger charge is 2.41. The van der Waals surface area contributed by atoms with E-state index in [1.807, 2.05) is 0 Å². The van der Waals surface area contributed by atoms with Crippen molar-refractivity contribution < 1.29 is 4.79 Å². The summed E-state index contributed by atoms with van der Waals surface area (Å²) < 4.78 is 0. The predicted molar refractivity (Wildman–Crippen MR) is 76.2 cm³/mol. The SMILES string of the molecule is CC1CCC(CN)(C(=O)N(CCC#N)CCC#N)CC1. The van der Waals surface area contributed by atoms with Crippen LogP contribution in [0.3, 0.4) is 0 Å². The lowest BCUT2D eigenvalue weighted by Crippen LogP contribution is -2.50. The van der Waals surface area contributed by atoms with Crippen LogP contribution in [0.2, 0.25) is 0 Å². The van der Waals surface area contributed by atoms with Gasteiger partial charge in [-0.15, -0.1) is 0 Å². The second-order valence-corrected chi connectivity index (χ2v) is 5.78. The molecule has 1 fully saturated rings. The molecule has 2 N–H and O–H groups in total. The van der Waals surface area contributed by atoms with E-state index in [4.69, 9.17) is 16.3 Å². The molecule has 5 nitrogen and oxygen atoms in total. The van der Waals surface area contributed by atoms with E-state index in [1.165, 1.54) is 0 Å². The quantitative estimate of drug-likeness (QED) is 0.800. The molecule has 1 aliphatic carbocycles. The Bertz CT molecular complexity index is 381. The van der Waals surface area contributed by atoms with Crippen LogP contribution in [0.25, 0.3) is 0 Å². The molecular formula is C15H24N4O. The van der Waals surface area contributed by atoms with Gasteiger partial charge in [0.2, 0.25) is 5.91 Å². The van der Waals surface area contributed by atoms with Gasteiger partial charge in [0.05, 0.1) is 30.4 Å². The summed E-state index contributed by atoms with van der Waals surface area (Å²) in [4.78, 5) is 14.5. The highest BCUT2D eigenvalue weighted by Crippen LogP contribution is 2.39. The van der Waals surface area contributed by atoms with Crippen LogP contribution in [0.15, 0.2) is 0 Å². The van der Waals surface area contributed by atoms with Crippen LogP contribution in [-0.4, -0.2) is 30.4 Å². The van der Waals surface area contributed by atoms with Gasteiger partial charge in [0.15, 0.2) is 0 Å². The third-order valence-corrected chi connectivity index (χ3v) is 4.35. The van der Waals surface area contributed by atoms with Gasteiger partial charge in [-0.05, 0) is 31.6 Å². The Balaban J connectivity index is 2.79. The standard InChI is InChI=1S/C15H24N4O/c1-13-4-6-15(12-18,7-5-13)14(20)19(10-2-8-16)11-3-9-17/h13H,2-7,10-12,18H2,1H3. The van der Waals surface area contributed by atoms with Crippen LogP contribution in [-0.2, 0) is 4.79 Å². The Kier molecular flexibility index (Phi) is 6.48. The van der Waals surface area contributed by atoms with Gasteiger partial charge < -0.3 is 10.6 Å². The molecule has 1 rings (SSSR count). The number of carbonyl (C=O) groups is 1. The van der Waals surface area contributed by atoms with Crippen LogP contribution in [0, 0.1) is 34.0 Å². The average molecular weight is 276 g/mol.